The smallest absolute Gasteiger partial charge is 0.342 e. The topological polar surface area (TPSA) is 51.9 Å². The maximum Gasteiger partial charge on any atom is 0.342 e. The van der Waals surface area contributed by atoms with Gasteiger partial charge in [-0.2, -0.15) is 0 Å². The predicted octanol–water partition coefficient (Wildman–Crippen LogP) is 4.41. The van der Waals surface area contributed by atoms with Crippen LogP contribution in [0.15, 0.2) is 22.6 Å². The van der Waals surface area contributed by atoms with E-state index >= 15 is 0 Å². The number of ether oxygens (including phenoxy) is 2. The molecule has 3 rings (SSSR count). The van der Waals surface area contributed by atoms with Gasteiger partial charge < -0.3 is 13.9 Å². The van der Waals surface area contributed by atoms with Crippen molar-refractivity contribution in [1.82, 2.24) is 4.90 Å². The summed E-state index contributed by atoms with van der Waals surface area (Å²) in [5.41, 5.74) is 1.22. The van der Waals surface area contributed by atoms with Gasteiger partial charge in [0, 0.05) is 11.4 Å². The van der Waals surface area contributed by atoms with Gasteiger partial charge in [-0.1, -0.05) is 6.42 Å². The van der Waals surface area contributed by atoms with Crippen molar-refractivity contribution in [2.45, 2.75) is 45.7 Å². The molecular formula is C19H26ClNO4. The van der Waals surface area contributed by atoms with Crippen LogP contribution < -0.4 is 4.74 Å². The summed E-state index contributed by atoms with van der Waals surface area (Å²) >= 11 is 0. The van der Waals surface area contributed by atoms with Gasteiger partial charge in [-0.15, -0.1) is 12.4 Å². The number of furan rings is 1. The van der Waals surface area contributed by atoms with E-state index in [1.165, 1.54) is 19.3 Å². The highest BCUT2D eigenvalue weighted by Crippen LogP contribution is 2.32. The molecule has 0 amide bonds. The van der Waals surface area contributed by atoms with Gasteiger partial charge in [0.15, 0.2) is 0 Å². The second-order valence-corrected chi connectivity index (χ2v) is 6.30. The molecule has 0 aliphatic carbocycles. The number of hydrogen-bond donors (Lipinski definition) is 0. The number of benzene rings is 1. The zero-order valence-corrected chi connectivity index (χ0v) is 15.9. The molecule has 25 heavy (non-hydrogen) atoms. The Morgan fingerprint density at radius 1 is 1.36 bits per heavy atom. The van der Waals surface area contributed by atoms with Gasteiger partial charge in [0.2, 0.25) is 0 Å². The lowest BCUT2D eigenvalue weighted by Crippen LogP contribution is -2.37. The summed E-state index contributed by atoms with van der Waals surface area (Å²) in [4.78, 5) is 14.9. The van der Waals surface area contributed by atoms with Gasteiger partial charge in [-0.05, 0) is 51.4 Å². The molecule has 2 heterocycles. The Morgan fingerprint density at radius 3 is 2.84 bits per heavy atom. The maximum absolute atomic E-state index is 12.5. The van der Waals surface area contributed by atoms with Crippen LogP contribution in [0, 0.1) is 0 Å². The second kappa shape index (κ2) is 8.59. The number of rotatable bonds is 5. The highest BCUT2D eigenvalue weighted by molar-refractivity contribution is 6.05. The third-order valence-electron chi connectivity index (χ3n) is 4.73. The number of likely N-dealkylation sites (tertiary alicyclic amines) is 1. The molecule has 0 saturated carbocycles. The third-order valence-corrected chi connectivity index (χ3v) is 4.73. The van der Waals surface area contributed by atoms with Gasteiger partial charge in [-0.25, -0.2) is 4.79 Å². The fourth-order valence-corrected chi connectivity index (χ4v) is 3.37. The maximum atomic E-state index is 12.5. The summed E-state index contributed by atoms with van der Waals surface area (Å²) < 4.78 is 16.6. The highest BCUT2D eigenvalue weighted by atomic mass is 35.5. The number of piperidine rings is 1. The number of halogens is 1. The van der Waals surface area contributed by atoms with E-state index < -0.39 is 0 Å². The van der Waals surface area contributed by atoms with Gasteiger partial charge in [-0.3, -0.25) is 4.90 Å². The number of hydrogen-bond acceptors (Lipinski definition) is 5. The number of carbonyl (C=O) groups is 1. The van der Waals surface area contributed by atoms with Crippen LogP contribution in [0.4, 0.5) is 0 Å². The number of esters is 1. The van der Waals surface area contributed by atoms with E-state index in [4.69, 9.17) is 13.9 Å². The minimum absolute atomic E-state index is 0. The molecule has 5 nitrogen and oxygen atoms in total. The molecular weight excluding hydrogens is 342 g/mol. The molecule has 138 valence electrons. The van der Waals surface area contributed by atoms with E-state index in [0.29, 0.717) is 41.8 Å². The quantitative estimate of drug-likeness (QED) is 0.732. The van der Waals surface area contributed by atoms with E-state index in [-0.39, 0.29) is 18.4 Å². The number of carbonyl (C=O) groups excluding carboxylic acids is 1. The largest absolute Gasteiger partial charge is 0.497 e. The monoisotopic (exact) mass is 367 g/mol. The van der Waals surface area contributed by atoms with Crippen molar-refractivity contribution < 1.29 is 18.7 Å². The summed E-state index contributed by atoms with van der Waals surface area (Å²) in [6, 6.07) is 6.03. The lowest BCUT2D eigenvalue weighted by molar-refractivity contribution is 0.0522. The van der Waals surface area contributed by atoms with Crippen molar-refractivity contribution in [2.24, 2.45) is 0 Å². The number of nitrogens with zero attached hydrogens (tertiary/aromatic N) is 1. The molecule has 6 heteroatoms. The average Bonchev–Trinajstić information content (AvgIpc) is 2.94. The number of methoxy groups -OCH3 is 1. The van der Waals surface area contributed by atoms with Gasteiger partial charge in [0.1, 0.15) is 22.7 Å². The van der Waals surface area contributed by atoms with E-state index in [1.54, 1.807) is 7.11 Å². The van der Waals surface area contributed by atoms with E-state index in [0.717, 1.165) is 11.9 Å². The van der Waals surface area contributed by atoms with Crippen LogP contribution in [0.2, 0.25) is 0 Å². The summed E-state index contributed by atoms with van der Waals surface area (Å²) in [6.45, 7) is 6.05. The molecule has 0 spiro atoms. The fraction of sp³-hybridized carbons (Fsp3) is 0.526. The van der Waals surface area contributed by atoms with Crippen molar-refractivity contribution in [1.29, 1.82) is 0 Å². The normalized spacial score (nSPS) is 18.0. The van der Waals surface area contributed by atoms with Gasteiger partial charge in [0.05, 0.1) is 20.3 Å². The highest BCUT2D eigenvalue weighted by Gasteiger charge is 2.26. The minimum Gasteiger partial charge on any atom is -0.497 e. The Bertz CT molecular complexity index is 728. The standard InChI is InChI=1S/C19H25NO4.ClH/c1-4-23-19(21)18-15-11-14(22-3)8-9-16(15)24-17(18)12-20-10-6-5-7-13(20)2;/h8-9,11,13H,4-7,10,12H2,1-3H3;1H. The molecule has 1 aliphatic heterocycles. The van der Waals surface area contributed by atoms with Crippen LogP contribution in [0.1, 0.15) is 49.2 Å². The summed E-state index contributed by atoms with van der Waals surface area (Å²) in [5, 5.41) is 0.757. The third kappa shape index (κ3) is 4.10. The molecule has 1 atom stereocenters. The van der Waals surface area contributed by atoms with Crippen molar-refractivity contribution in [2.75, 3.05) is 20.3 Å². The summed E-state index contributed by atoms with van der Waals surface area (Å²) in [6.07, 6.45) is 3.63. The molecule has 2 aromatic rings. The Labute approximate surface area is 154 Å². The fourth-order valence-electron chi connectivity index (χ4n) is 3.37. The Balaban J connectivity index is 0.00000225. The molecule has 1 fully saturated rings. The SMILES string of the molecule is CCOC(=O)c1c(CN2CCCCC2C)oc2ccc(OC)cc12.Cl. The van der Waals surface area contributed by atoms with Crippen LogP contribution in [0.25, 0.3) is 11.0 Å². The first-order chi connectivity index (χ1) is 11.6. The van der Waals surface area contributed by atoms with E-state index in [1.807, 2.05) is 25.1 Å². The van der Waals surface area contributed by atoms with Crippen LogP contribution in [0.5, 0.6) is 5.75 Å². The minimum atomic E-state index is -0.329. The molecule has 0 N–H and O–H groups in total. The lowest BCUT2D eigenvalue weighted by atomic mass is 10.0. The lowest BCUT2D eigenvalue weighted by Gasteiger charge is -2.32. The van der Waals surface area contributed by atoms with Crippen molar-refractivity contribution in [3.8, 4) is 5.75 Å². The Hall–Kier alpha value is -1.72. The molecule has 1 unspecified atom stereocenters. The second-order valence-electron chi connectivity index (χ2n) is 6.30. The summed E-state index contributed by atoms with van der Waals surface area (Å²) in [5.74, 6) is 1.06. The van der Waals surface area contributed by atoms with E-state index in [2.05, 4.69) is 11.8 Å². The van der Waals surface area contributed by atoms with Crippen molar-refractivity contribution in [3.05, 3.63) is 29.5 Å². The van der Waals surface area contributed by atoms with Gasteiger partial charge in [0.25, 0.3) is 0 Å². The molecule has 1 aromatic heterocycles. The average molecular weight is 368 g/mol. The molecule has 0 radical (unpaired) electrons. The zero-order valence-electron chi connectivity index (χ0n) is 15.0. The van der Waals surface area contributed by atoms with Crippen LogP contribution in [-0.2, 0) is 11.3 Å². The zero-order chi connectivity index (χ0) is 17.1. The predicted molar refractivity (Wildman–Crippen MR) is 99.7 cm³/mol. The molecule has 0 bridgehead atoms. The van der Waals surface area contributed by atoms with Crippen molar-refractivity contribution in [3.63, 3.8) is 0 Å². The first-order valence-corrected chi connectivity index (χ1v) is 8.64. The first-order valence-electron chi connectivity index (χ1n) is 8.64. The van der Waals surface area contributed by atoms with Crippen molar-refractivity contribution >= 4 is 29.3 Å². The van der Waals surface area contributed by atoms with Crippen LogP contribution in [-0.4, -0.2) is 37.2 Å². The van der Waals surface area contributed by atoms with Crippen LogP contribution in [0.3, 0.4) is 0 Å². The molecule has 1 aromatic carbocycles. The molecule has 1 aliphatic rings. The summed E-state index contributed by atoms with van der Waals surface area (Å²) in [7, 11) is 1.61. The first kappa shape index (κ1) is 19.6. The van der Waals surface area contributed by atoms with E-state index in [9.17, 15) is 4.79 Å². The molecule has 1 saturated heterocycles. The number of fused-ring (bicyclic) bond motifs is 1. The van der Waals surface area contributed by atoms with Gasteiger partial charge >= 0.3 is 5.97 Å². The van der Waals surface area contributed by atoms with Crippen LogP contribution >= 0.6 is 12.4 Å². The Kier molecular flexibility index (Phi) is 6.73. The Morgan fingerprint density at radius 2 is 2.16 bits per heavy atom.